The van der Waals surface area contributed by atoms with Crippen molar-refractivity contribution in [1.29, 1.82) is 0 Å². The molecule has 1 amide bonds. The van der Waals surface area contributed by atoms with Gasteiger partial charge in [-0.15, -0.1) is 0 Å². The standard InChI is InChI=1S/C40H61N11O13S4/c1-37(49-20-17-44(34-49)10-4-24-66(56,57)58)27-39(50-21-18-45(35-50)11-5-25-67(59,60)61)28-40(51-22-19-46(36-51)12-6-26-68(62,63)64)38(29-47-15-13-42(32-47)8-2-7-41-31-52)30-48-16-14-43(33-48)9-3-23-65(53,54)55/h13-22,31-40H,2-12,23-30H2,1H3/p+5. The molecule has 0 aliphatic carbocycles. The predicted molar refractivity (Wildman–Crippen MR) is 241 cm³/mol. The van der Waals surface area contributed by atoms with Gasteiger partial charge in [0.1, 0.15) is 93.2 Å². The van der Waals surface area contributed by atoms with Gasteiger partial charge in [-0.3, -0.25) is 23.0 Å². The van der Waals surface area contributed by atoms with Crippen LogP contribution in [0.15, 0.2) is 93.6 Å². The van der Waals surface area contributed by atoms with Crippen LogP contribution in [0.3, 0.4) is 0 Å². The molecule has 0 saturated carbocycles. The normalized spacial score (nSPS) is 14.5. The zero-order valence-corrected chi connectivity index (χ0v) is 41.3. The van der Waals surface area contributed by atoms with E-state index in [1.807, 2.05) is 126 Å². The molecule has 4 atom stereocenters. The first-order valence-electron chi connectivity index (χ1n) is 22.3. The number of imidazole rings is 5. The van der Waals surface area contributed by atoms with Gasteiger partial charge in [0.2, 0.25) is 38.0 Å². The van der Waals surface area contributed by atoms with E-state index in [4.69, 9.17) is 0 Å². The lowest BCUT2D eigenvalue weighted by Gasteiger charge is -2.26. The molecule has 68 heavy (non-hydrogen) atoms. The Balaban J connectivity index is 1.54. The highest BCUT2D eigenvalue weighted by Crippen LogP contribution is 2.34. The summed E-state index contributed by atoms with van der Waals surface area (Å²) < 4.78 is 149. The van der Waals surface area contributed by atoms with Crippen molar-refractivity contribution in [2.24, 2.45) is 5.92 Å². The number of hydrogen-bond donors (Lipinski definition) is 5. The third-order valence-electron chi connectivity index (χ3n) is 11.6. The van der Waals surface area contributed by atoms with Crippen molar-refractivity contribution >= 4 is 46.9 Å². The van der Waals surface area contributed by atoms with Gasteiger partial charge in [-0.05, 0) is 6.92 Å². The van der Waals surface area contributed by atoms with Gasteiger partial charge >= 0.3 is 0 Å². The maximum absolute atomic E-state index is 11.6. The van der Waals surface area contributed by atoms with Crippen LogP contribution in [0.2, 0.25) is 0 Å². The van der Waals surface area contributed by atoms with E-state index in [-0.39, 0.29) is 61.2 Å². The van der Waals surface area contributed by atoms with Crippen LogP contribution in [-0.2, 0) is 91.1 Å². The quantitative estimate of drug-likeness (QED) is 0.0149. The van der Waals surface area contributed by atoms with Crippen molar-refractivity contribution in [3.05, 3.63) is 93.6 Å². The summed E-state index contributed by atoms with van der Waals surface area (Å²) in [5, 5.41) is 2.69. The molecule has 0 aliphatic rings. The summed E-state index contributed by atoms with van der Waals surface area (Å²) >= 11 is 0. The van der Waals surface area contributed by atoms with E-state index in [9.17, 15) is 56.7 Å². The van der Waals surface area contributed by atoms with Gasteiger partial charge in [-0.1, -0.05) is 0 Å². The Morgan fingerprint density at radius 3 is 1.41 bits per heavy atom. The second-order valence-corrected chi connectivity index (χ2v) is 23.6. The number of amides is 1. The van der Waals surface area contributed by atoms with Crippen LogP contribution >= 0.6 is 0 Å². The van der Waals surface area contributed by atoms with Crippen molar-refractivity contribution in [3.63, 3.8) is 0 Å². The lowest BCUT2D eigenvalue weighted by Crippen LogP contribution is -2.46. The number of carbonyl (C=O) groups excluding carboxylic acids is 1. The van der Waals surface area contributed by atoms with Crippen LogP contribution in [0.4, 0.5) is 0 Å². The molecular weight excluding hydrogens is 971 g/mol. The Hall–Kier alpha value is -4.84. The summed E-state index contributed by atoms with van der Waals surface area (Å²) in [6.45, 7) is 5.55. The van der Waals surface area contributed by atoms with Crippen LogP contribution < -0.4 is 28.2 Å². The first-order valence-corrected chi connectivity index (χ1v) is 28.7. The smallest absolute Gasteiger partial charge is 0.265 e. The molecule has 5 N–H and O–H groups in total. The highest BCUT2D eigenvalue weighted by Gasteiger charge is 2.37. The Morgan fingerprint density at radius 1 is 0.515 bits per heavy atom. The van der Waals surface area contributed by atoms with Crippen molar-refractivity contribution in [1.82, 2.24) is 28.2 Å². The van der Waals surface area contributed by atoms with Crippen LogP contribution in [0.1, 0.15) is 70.0 Å². The lowest BCUT2D eigenvalue weighted by molar-refractivity contribution is -0.738. The minimum Gasteiger partial charge on any atom is -0.359 e. The zero-order valence-electron chi connectivity index (χ0n) is 38.1. The second kappa shape index (κ2) is 24.6. The van der Waals surface area contributed by atoms with Gasteiger partial charge in [0.05, 0.1) is 61.7 Å². The van der Waals surface area contributed by atoms with Crippen molar-refractivity contribution in [3.8, 4) is 0 Å². The predicted octanol–water partition coefficient (Wildman–Crippen LogP) is -0.780. The van der Waals surface area contributed by atoms with E-state index < -0.39 is 52.0 Å². The molecule has 0 radical (unpaired) electrons. The zero-order chi connectivity index (χ0) is 49.5. The summed E-state index contributed by atoms with van der Waals surface area (Å²) in [6.07, 6.45) is 31.8. The first-order chi connectivity index (χ1) is 32.0. The Bertz CT molecular complexity index is 2820. The number of nitrogens with one attached hydrogen (secondary N) is 1. The Labute approximate surface area is 397 Å². The van der Waals surface area contributed by atoms with Crippen LogP contribution in [0.5, 0.6) is 0 Å². The topological polar surface area (TPSA) is 291 Å². The van der Waals surface area contributed by atoms with Crippen LogP contribution in [0.25, 0.3) is 0 Å². The number of carbonyl (C=O) groups is 1. The third-order valence-corrected chi connectivity index (χ3v) is 14.8. The minimum atomic E-state index is -4.18. The van der Waals surface area contributed by atoms with Crippen molar-refractivity contribution < 1.29 is 79.5 Å². The van der Waals surface area contributed by atoms with E-state index in [0.717, 1.165) is 0 Å². The maximum Gasteiger partial charge on any atom is 0.265 e. The Morgan fingerprint density at radius 2 is 0.926 bits per heavy atom. The summed E-state index contributed by atoms with van der Waals surface area (Å²) in [4.78, 5) is 10.8. The minimum absolute atomic E-state index is 0.115. The molecule has 0 bridgehead atoms. The number of nitrogens with zero attached hydrogens (tertiary/aromatic N) is 10. The van der Waals surface area contributed by atoms with Crippen LogP contribution in [-0.4, -0.2) is 111 Å². The maximum atomic E-state index is 11.6. The van der Waals surface area contributed by atoms with Crippen molar-refractivity contribution in [2.45, 2.75) is 116 Å². The molecular formula is C40H66N11O13S4+5. The first kappa shape index (κ1) is 54.1. The lowest BCUT2D eigenvalue weighted by atomic mass is 9.90. The Kier molecular flexibility index (Phi) is 19.6. The molecule has 5 rings (SSSR count). The molecule has 5 heterocycles. The third kappa shape index (κ3) is 19.6. The number of aryl methyl sites for hydroxylation is 5. The van der Waals surface area contributed by atoms with Gasteiger partial charge in [0.15, 0.2) is 0 Å². The van der Waals surface area contributed by atoms with E-state index in [1.54, 1.807) is 0 Å². The second-order valence-electron chi connectivity index (χ2n) is 17.3. The highest BCUT2D eigenvalue weighted by molar-refractivity contribution is 7.86. The number of hydrogen-bond acceptors (Lipinski definition) is 9. The molecule has 24 nitrogen and oxygen atoms in total. The van der Waals surface area contributed by atoms with Gasteiger partial charge in [0, 0.05) is 51.5 Å². The SMILES string of the molecule is CC(CC(CC(C(C[n+]1ccn(CCCNC=O)c1)C[n+]1ccn(CCCS(=O)(=O)O)c1)n1cc[n+](CCCS(=O)(=O)O)c1)n1cc[n+](CCCS(=O)(=O)O)c1)n1cc[n+](CCCS(=O)(=O)O)c1. The molecule has 0 saturated heterocycles. The summed E-state index contributed by atoms with van der Waals surface area (Å²) in [5.41, 5.74) is 0. The van der Waals surface area contributed by atoms with Crippen molar-refractivity contribution in [2.75, 3.05) is 29.6 Å². The summed E-state index contributed by atoms with van der Waals surface area (Å²) in [6, 6.07) is -0.611. The molecule has 378 valence electrons. The fourth-order valence-corrected chi connectivity index (χ4v) is 10.3. The molecule has 0 spiro atoms. The highest BCUT2D eigenvalue weighted by atomic mass is 32.2. The average Bonchev–Trinajstić information content (AvgIpc) is 4.09. The van der Waals surface area contributed by atoms with Gasteiger partial charge in [-0.25, -0.2) is 45.7 Å². The van der Waals surface area contributed by atoms with E-state index >= 15 is 0 Å². The van der Waals surface area contributed by atoms with Crippen LogP contribution in [0, 0.1) is 5.92 Å². The largest absolute Gasteiger partial charge is 0.359 e. The molecule has 0 aromatic carbocycles. The molecule has 0 fully saturated rings. The molecule has 0 aliphatic heterocycles. The number of aromatic nitrogens is 10. The summed E-state index contributed by atoms with van der Waals surface area (Å²) in [7, 11) is -16.6. The van der Waals surface area contributed by atoms with E-state index in [0.29, 0.717) is 78.0 Å². The molecule has 5 aromatic rings. The monoisotopic (exact) mass is 1040 g/mol. The molecule has 5 aromatic heterocycles. The fourth-order valence-electron chi connectivity index (χ4n) is 8.34. The average molecular weight is 1040 g/mol. The molecule has 28 heteroatoms. The van der Waals surface area contributed by atoms with Gasteiger partial charge < -0.3 is 5.32 Å². The fraction of sp³-hybridized carbons (Fsp3) is 0.600. The van der Waals surface area contributed by atoms with E-state index in [2.05, 4.69) is 25.9 Å². The molecule has 4 unspecified atom stereocenters. The van der Waals surface area contributed by atoms with Gasteiger partial charge in [0.25, 0.3) is 40.5 Å². The number of rotatable bonds is 33. The summed E-state index contributed by atoms with van der Waals surface area (Å²) in [5.74, 6) is -1.74. The van der Waals surface area contributed by atoms with E-state index in [1.165, 1.54) is 0 Å². The van der Waals surface area contributed by atoms with Gasteiger partial charge in [-0.2, -0.15) is 33.7 Å².